The zero-order chi connectivity index (χ0) is 9.68. The van der Waals surface area contributed by atoms with Crippen molar-refractivity contribution in [3.63, 3.8) is 0 Å². The second-order valence-electron chi connectivity index (χ2n) is 2.93. The smallest absolute Gasteiger partial charge is 0.123 e. The highest BCUT2D eigenvalue weighted by Crippen LogP contribution is 2.18. The van der Waals surface area contributed by atoms with Crippen LogP contribution in [0.2, 0.25) is 0 Å². The molecule has 1 N–H and O–H groups in total. The Bertz CT molecular complexity index is 271. The zero-order valence-corrected chi connectivity index (χ0v) is 9.53. The lowest BCUT2D eigenvalue weighted by Gasteiger charge is -2.08. The Morgan fingerprint density at radius 1 is 1.36 bits per heavy atom. The first-order valence-corrected chi connectivity index (χ1v) is 4.28. The largest absolute Gasteiger partial charge is 0.388 e. The number of halogens is 1. The molecule has 0 aliphatic rings. The molecule has 0 aromatic heterocycles. The van der Waals surface area contributed by atoms with Gasteiger partial charge in [0, 0.05) is 23.1 Å². The summed E-state index contributed by atoms with van der Waals surface area (Å²) in [5.74, 6) is -0.278. The Morgan fingerprint density at radius 2 is 1.93 bits per heavy atom. The molecule has 0 aliphatic carbocycles. The van der Waals surface area contributed by atoms with Gasteiger partial charge in [-0.1, -0.05) is 18.2 Å². The lowest BCUT2D eigenvalue weighted by Crippen LogP contribution is -1.96. The minimum Gasteiger partial charge on any atom is -0.388 e. The number of allylic oxidation sites excluding steroid dienone is 1. The van der Waals surface area contributed by atoms with Crippen molar-refractivity contribution >= 4 is 23.1 Å². The Balaban J connectivity index is 0.00000169. The van der Waals surface area contributed by atoms with Gasteiger partial charge in [-0.25, -0.2) is 4.39 Å². The van der Waals surface area contributed by atoms with Gasteiger partial charge in [0.25, 0.3) is 0 Å². The molecule has 1 unspecified atom stereocenters. The molecule has 0 saturated carbocycles. The highest BCUT2D eigenvalue weighted by Gasteiger charge is 2.05. The van der Waals surface area contributed by atoms with Crippen LogP contribution in [0.3, 0.4) is 0 Å². The number of hydrogen-bond acceptors (Lipinski definition) is 1. The van der Waals surface area contributed by atoms with E-state index in [1.165, 1.54) is 12.1 Å². The molecule has 2 radical (unpaired) electrons. The van der Waals surface area contributed by atoms with E-state index in [1.54, 1.807) is 18.2 Å². The molecular weight excluding hydrogens is 191 g/mol. The summed E-state index contributed by atoms with van der Waals surface area (Å²) in [6.07, 6.45) is 2.64. The van der Waals surface area contributed by atoms with Gasteiger partial charge < -0.3 is 5.11 Å². The van der Waals surface area contributed by atoms with Crippen molar-refractivity contribution < 1.29 is 9.50 Å². The monoisotopic (exact) mass is 204 g/mol. The van der Waals surface area contributed by atoms with Gasteiger partial charge in [0.15, 0.2) is 0 Å². The second kappa shape index (κ2) is 6.98. The van der Waals surface area contributed by atoms with Crippen LogP contribution in [-0.2, 0) is 0 Å². The molecular formula is C11H13FMgO. The van der Waals surface area contributed by atoms with E-state index in [0.29, 0.717) is 6.42 Å². The van der Waals surface area contributed by atoms with Crippen molar-refractivity contribution in [3.8, 4) is 0 Å². The van der Waals surface area contributed by atoms with E-state index in [4.69, 9.17) is 0 Å². The summed E-state index contributed by atoms with van der Waals surface area (Å²) < 4.78 is 12.5. The Labute approximate surface area is 99.8 Å². The Morgan fingerprint density at radius 3 is 2.43 bits per heavy atom. The third-order valence-corrected chi connectivity index (χ3v) is 1.90. The second-order valence-corrected chi connectivity index (χ2v) is 2.93. The SMILES string of the molecule is C=CCCC(O)c1ccc(F)cc1.[Mg]. The minimum atomic E-state index is -0.515. The summed E-state index contributed by atoms with van der Waals surface area (Å²) >= 11 is 0. The highest BCUT2D eigenvalue weighted by molar-refractivity contribution is 5.75. The van der Waals surface area contributed by atoms with Crippen LogP contribution >= 0.6 is 0 Å². The van der Waals surface area contributed by atoms with Gasteiger partial charge in [0.05, 0.1) is 6.10 Å². The maximum absolute atomic E-state index is 12.5. The Kier molecular flexibility index (Phi) is 6.79. The van der Waals surface area contributed by atoms with Crippen molar-refractivity contribution in [1.29, 1.82) is 0 Å². The van der Waals surface area contributed by atoms with Crippen LogP contribution in [0.25, 0.3) is 0 Å². The number of aliphatic hydroxyl groups excluding tert-OH is 1. The Hall–Kier alpha value is -0.384. The van der Waals surface area contributed by atoms with Gasteiger partial charge in [-0.3, -0.25) is 0 Å². The van der Waals surface area contributed by atoms with Gasteiger partial charge in [-0.15, -0.1) is 6.58 Å². The molecule has 0 heterocycles. The number of benzene rings is 1. The first kappa shape index (κ1) is 13.6. The zero-order valence-electron chi connectivity index (χ0n) is 8.12. The van der Waals surface area contributed by atoms with Crippen LogP contribution in [0, 0.1) is 5.82 Å². The van der Waals surface area contributed by atoms with Crippen molar-refractivity contribution in [2.24, 2.45) is 0 Å². The molecule has 1 aromatic carbocycles. The van der Waals surface area contributed by atoms with Crippen molar-refractivity contribution in [2.45, 2.75) is 18.9 Å². The molecule has 0 spiro atoms. The van der Waals surface area contributed by atoms with E-state index in [-0.39, 0.29) is 28.9 Å². The maximum Gasteiger partial charge on any atom is 0.123 e. The molecule has 1 aromatic rings. The quantitative estimate of drug-likeness (QED) is 0.590. The van der Waals surface area contributed by atoms with E-state index in [9.17, 15) is 9.50 Å². The third-order valence-electron chi connectivity index (χ3n) is 1.90. The van der Waals surface area contributed by atoms with Crippen LogP contribution in [0.4, 0.5) is 4.39 Å². The lowest BCUT2D eigenvalue weighted by atomic mass is 10.1. The fraction of sp³-hybridized carbons (Fsp3) is 0.273. The van der Waals surface area contributed by atoms with Crippen LogP contribution in [0.15, 0.2) is 36.9 Å². The molecule has 1 rings (SSSR count). The molecule has 0 aliphatic heterocycles. The van der Waals surface area contributed by atoms with Crippen molar-refractivity contribution in [3.05, 3.63) is 48.3 Å². The fourth-order valence-corrected chi connectivity index (χ4v) is 1.13. The van der Waals surface area contributed by atoms with E-state index in [0.717, 1.165) is 12.0 Å². The molecule has 0 saturated heterocycles. The van der Waals surface area contributed by atoms with Crippen LogP contribution < -0.4 is 0 Å². The first-order valence-electron chi connectivity index (χ1n) is 4.28. The fourth-order valence-electron chi connectivity index (χ4n) is 1.13. The van der Waals surface area contributed by atoms with Crippen LogP contribution in [0.5, 0.6) is 0 Å². The van der Waals surface area contributed by atoms with Crippen molar-refractivity contribution in [1.82, 2.24) is 0 Å². The van der Waals surface area contributed by atoms with E-state index in [2.05, 4.69) is 6.58 Å². The minimum absolute atomic E-state index is 0. The topological polar surface area (TPSA) is 20.2 Å². The molecule has 1 nitrogen and oxygen atoms in total. The lowest BCUT2D eigenvalue weighted by molar-refractivity contribution is 0.168. The van der Waals surface area contributed by atoms with E-state index in [1.807, 2.05) is 0 Å². The van der Waals surface area contributed by atoms with Gasteiger partial charge in [-0.05, 0) is 30.5 Å². The van der Waals surface area contributed by atoms with Crippen LogP contribution in [-0.4, -0.2) is 28.2 Å². The average Bonchev–Trinajstić information content (AvgIpc) is 2.15. The predicted octanol–water partition coefficient (Wildman–Crippen LogP) is 2.44. The predicted molar refractivity (Wildman–Crippen MR) is 56.5 cm³/mol. The standard InChI is InChI=1S/C11H13FO.Mg/c1-2-3-4-11(13)9-5-7-10(12)8-6-9;/h2,5-8,11,13H,1,3-4H2;. The van der Waals surface area contributed by atoms with E-state index < -0.39 is 6.10 Å². The molecule has 0 bridgehead atoms. The third kappa shape index (κ3) is 4.22. The summed E-state index contributed by atoms with van der Waals surface area (Å²) in [6, 6.07) is 5.91. The van der Waals surface area contributed by atoms with Crippen molar-refractivity contribution in [2.75, 3.05) is 0 Å². The molecule has 0 amide bonds. The molecule has 3 heteroatoms. The van der Waals surface area contributed by atoms with Gasteiger partial charge in [0.1, 0.15) is 5.82 Å². The maximum atomic E-state index is 12.5. The summed E-state index contributed by atoms with van der Waals surface area (Å²) in [7, 11) is 0. The average molecular weight is 205 g/mol. The number of hydrogen-bond donors (Lipinski definition) is 1. The number of aliphatic hydroxyl groups is 1. The summed E-state index contributed by atoms with van der Waals surface area (Å²) in [5, 5.41) is 9.57. The molecule has 1 atom stereocenters. The van der Waals surface area contributed by atoms with Gasteiger partial charge in [-0.2, -0.15) is 0 Å². The number of rotatable bonds is 4. The van der Waals surface area contributed by atoms with E-state index >= 15 is 0 Å². The highest BCUT2D eigenvalue weighted by atomic mass is 24.3. The molecule has 14 heavy (non-hydrogen) atoms. The molecule has 72 valence electrons. The van der Waals surface area contributed by atoms with Gasteiger partial charge >= 0.3 is 0 Å². The normalized spacial score (nSPS) is 11.6. The summed E-state index contributed by atoms with van der Waals surface area (Å²) in [6.45, 7) is 3.57. The first-order chi connectivity index (χ1) is 6.24. The summed E-state index contributed by atoms with van der Waals surface area (Å²) in [4.78, 5) is 0. The molecule has 0 fully saturated rings. The van der Waals surface area contributed by atoms with Crippen LogP contribution in [0.1, 0.15) is 24.5 Å². The van der Waals surface area contributed by atoms with Gasteiger partial charge in [0.2, 0.25) is 0 Å². The summed E-state index contributed by atoms with van der Waals surface area (Å²) in [5.41, 5.74) is 0.753.